The number of hydrogen-bond donors (Lipinski definition) is 0. The number of nitrogens with zero attached hydrogens (tertiary/aromatic N) is 3. The summed E-state index contributed by atoms with van der Waals surface area (Å²) in [6, 6.07) is 57.4. The zero-order chi connectivity index (χ0) is 36.2. The molecule has 0 spiro atoms. The van der Waals surface area contributed by atoms with Crippen molar-refractivity contribution in [3.8, 4) is 6.07 Å². The third kappa shape index (κ3) is 5.84. The lowest BCUT2D eigenvalue weighted by Gasteiger charge is -2.30. The Morgan fingerprint density at radius 3 is 1.33 bits per heavy atom. The molecule has 0 bridgehead atoms. The van der Waals surface area contributed by atoms with Crippen molar-refractivity contribution >= 4 is 93.0 Å². The maximum absolute atomic E-state index is 10.3. The van der Waals surface area contributed by atoms with Gasteiger partial charge in [0.15, 0.2) is 0 Å². The molecule has 0 N–H and O–H groups in total. The first-order valence-corrected chi connectivity index (χ1v) is 25.1. The number of nitriles is 1. The topological polar surface area (TPSA) is 30.3 Å². The summed E-state index contributed by atoms with van der Waals surface area (Å²) in [7, 11) is -2.96. The highest BCUT2D eigenvalue weighted by Gasteiger charge is 2.24. The Hall–Kier alpha value is -5.68. The molecule has 0 aliphatic heterocycles. The Bertz CT molecular complexity index is 2590. The molecule has 52 heavy (non-hydrogen) atoms. The second kappa shape index (κ2) is 12.8. The molecule has 0 atom stereocenters. The lowest BCUT2D eigenvalue weighted by molar-refractivity contribution is 1.28. The lowest BCUT2D eigenvalue weighted by Crippen LogP contribution is -2.37. The molecule has 0 aliphatic carbocycles. The smallest absolute Gasteiger partial charge is 0.101 e. The van der Waals surface area contributed by atoms with E-state index in [0.29, 0.717) is 5.56 Å². The Balaban J connectivity index is 1.38. The molecule has 0 heterocycles. The molecule has 8 aromatic carbocycles. The van der Waals surface area contributed by atoms with Crippen LogP contribution in [0.3, 0.4) is 0 Å². The van der Waals surface area contributed by atoms with Crippen molar-refractivity contribution in [2.75, 3.05) is 9.80 Å². The number of hydrogen-bond acceptors (Lipinski definition) is 3. The highest BCUT2D eigenvalue weighted by Crippen LogP contribution is 2.47. The maximum Gasteiger partial charge on any atom is 0.101 e. The van der Waals surface area contributed by atoms with Crippen LogP contribution in [0.5, 0.6) is 0 Å². The Morgan fingerprint density at radius 2 is 0.827 bits per heavy atom. The van der Waals surface area contributed by atoms with Crippen LogP contribution in [0.15, 0.2) is 152 Å². The van der Waals surface area contributed by atoms with Crippen molar-refractivity contribution in [2.24, 2.45) is 0 Å². The molecule has 0 aromatic heterocycles. The Morgan fingerprint density at radius 1 is 0.404 bits per heavy atom. The highest BCUT2D eigenvalue weighted by atomic mass is 28.3. The molecule has 0 saturated carbocycles. The number of benzene rings is 8. The van der Waals surface area contributed by atoms with E-state index in [0.717, 1.165) is 39.5 Å². The molecule has 0 radical (unpaired) electrons. The van der Waals surface area contributed by atoms with Gasteiger partial charge >= 0.3 is 0 Å². The summed E-state index contributed by atoms with van der Waals surface area (Å²) in [6.07, 6.45) is 0. The van der Waals surface area contributed by atoms with Gasteiger partial charge in [0.25, 0.3) is 0 Å². The minimum atomic E-state index is -1.50. The first kappa shape index (κ1) is 33.5. The summed E-state index contributed by atoms with van der Waals surface area (Å²) in [4.78, 5) is 4.67. The van der Waals surface area contributed by atoms with Crippen molar-refractivity contribution in [1.29, 1.82) is 5.26 Å². The van der Waals surface area contributed by atoms with E-state index in [1.165, 1.54) is 37.3 Å². The second-order valence-electron chi connectivity index (χ2n) is 15.8. The van der Waals surface area contributed by atoms with Crippen LogP contribution in [0.4, 0.5) is 34.1 Å². The SMILES string of the molecule is C[Si](C)(C)c1ccc(N(c2ccccc2)c2ccc3ccc4c(N(c5ccc([Si](C)(C)C)cc5)c5ccccc5C#N)ccc5ccc2c3c54)cc1. The van der Waals surface area contributed by atoms with Crippen molar-refractivity contribution in [3.05, 3.63) is 157 Å². The quantitative estimate of drug-likeness (QED) is 0.116. The fourth-order valence-corrected chi connectivity index (χ4v) is 9.89. The molecular weight excluding hydrogens is 663 g/mol. The molecule has 0 fully saturated rings. The van der Waals surface area contributed by atoms with Crippen molar-refractivity contribution in [3.63, 3.8) is 0 Å². The van der Waals surface area contributed by atoms with E-state index in [1.54, 1.807) is 0 Å². The second-order valence-corrected chi connectivity index (χ2v) is 26.0. The predicted octanol–water partition coefficient (Wildman–Crippen LogP) is 12.5. The van der Waals surface area contributed by atoms with Crippen molar-refractivity contribution < 1.29 is 0 Å². The molecule has 3 nitrogen and oxygen atoms in total. The van der Waals surface area contributed by atoms with Crippen LogP contribution in [0, 0.1) is 11.3 Å². The van der Waals surface area contributed by atoms with E-state index >= 15 is 0 Å². The normalized spacial score (nSPS) is 12.0. The number of rotatable bonds is 8. The van der Waals surface area contributed by atoms with Gasteiger partial charge in [-0.25, -0.2) is 0 Å². The van der Waals surface area contributed by atoms with Crippen LogP contribution in [0.25, 0.3) is 32.3 Å². The first-order chi connectivity index (χ1) is 25.0. The van der Waals surface area contributed by atoms with Gasteiger partial charge in [-0.15, -0.1) is 0 Å². The first-order valence-electron chi connectivity index (χ1n) is 18.1. The largest absolute Gasteiger partial charge is 0.310 e. The van der Waals surface area contributed by atoms with E-state index in [9.17, 15) is 5.26 Å². The molecule has 254 valence electrons. The van der Waals surface area contributed by atoms with Gasteiger partial charge < -0.3 is 9.80 Å². The van der Waals surface area contributed by atoms with Gasteiger partial charge in [-0.1, -0.05) is 141 Å². The Kier molecular flexibility index (Phi) is 8.25. The minimum absolute atomic E-state index is 0.642. The van der Waals surface area contributed by atoms with E-state index in [1.807, 2.05) is 18.2 Å². The van der Waals surface area contributed by atoms with E-state index in [4.69, 9.17) is 0 Å². The summed E-state index contributed by atoms with van der Waals surface area (Å²) in [5.41, 5.74) is 7.02. The maximum atomic E-state index is 10.3. The van der Waals surface area contributed by atoms with Gasteiger partial charge in [-0.3, -0.25) is 0 Å². The molecule has 0 aliphatic rings. The van der Waals surface area contributed by atoms with Gasteiger partial charge in [0.2, 0.25) is 0 Å². The van der Waals surface area contributed by atoms with Crippen LogP contribution in [0.2, 0.25) is 39.3 Å². The third-order valence-corrected chi connectivity index (χ3v) is 14.5. The predicted molar refractivity (Wildman–Crippen MR) is 230 cm³/mol. The minimum Gasteiger partial charge on any atom is -0.310 e. The van der Waals surface area contributed by atoms with E-state index in [2.05, 4.69) is 189 Å². The zero-order valence-electron chi connectivity index (χ0n) is 30.8. The molecule has 8 rings (SSSR count). The summed E-state index contributed by atoms with van der Waals surface area (Å²) in [6.45, 7) is 14.3. The van der Waals surface area contributed by atoms with Crippen LogP contribution in [-0.4, -0.2) is 16.1 Å². The van der Waals surface area contributed by atoms with Crippen LogP contribution < -0.4 is 20.2 Å². The lowest BCUT2D eigenvalue weighted by atomic mass is 9.91. The van der Waals surface area contributed by atoms with Crippen LogP contribution in [0.1, 0.15) is 5.56 Å². The van der Waals surface area contributed by atoms with Crippen molar-refractivity contribution in [2.45, 2.75) is 39.3 Å². The summed E-state index contributed by atoms with van der Waals surface area (Å²) >= 11 is 0. The average Bonchev–Trinajstić information content (AvgIpc) is 3.15. The highest BCUT2D eigenvalue weighted by molar-refractivity contribution is 6.89. The molecule has 0 amide bonds. The van der Waals surface area contributed by atoms with Gasteiger partial charge in [0, 0.05) is 27.8 Å². The standard InChI is InChI=1S/C47H43N3Si2/c1-51(2,3)39-24-20-37(21-25-39)49(36-13-8-7-9-14-36)44-30-18-33-17-29-42-45(31-19-34-16-28-41(44)46(33)47(34)42)50(43-15-11-10-12-35(43)32-48)38-22-26-40(27-23-38)52(4,5)6/h7-31H,1-6H3. The fraction of sp³-hybridized carbons (Fsp3) is 0.128. The van der Waals surface area contributed by atoms with E-state index < -0.39 is 16.1 Å². The monoisotopic (exact) mass is 705 g/mol. The average molecular weight is 706 g/mol. The van der Waals surface area contributed by atoms with Gasteiger partial charge in [0.1, 0.15) is 6.07 Å². The molecule has 5 heteroatoms. The summed E-state index contributed by atoms with van der Waals surface area (Å²) in [5.74, 6) is 0. The Labute approximate surface area is 309 Å². The van der Waals surface area contributed by atoms with Gasteiger partial charge in [-0.05, 0) is 82.2 Å². The molecule has 8 aromatic rings. The van der Waals surface area contributed by atoms with Crippen LogP contribution >= 0.6 is 0 Å². The number of para-hydroxylation sites is 2. The molecule has 0 saturated heterocycles. The molecule has 0 unspecified atom stereocenters. The van der Waals surface area contributed by atoms with Crippen molar-refractivity contribution in [1.82, 2.24) is 0 Å². The summed E-state index contributed by atoms with van der Waals surface area (Å²) in [5, 5.41) is 20.4. The fourth-order valence-electron chi connectivity index (χ4n) is 7.56. The van der Waals surface area contributed by atoms with Gasteiger partial charge in [-0.2, -0.15) is 5.26 Å². The van der Waals surface area contributed by atoms with Gasteiger partial charge in [0.05, 0.1) is 38.8 Å². The molecular formula is C47H43N3Si2. The summed E-state index contributed by atoms with van der Waals surface area (Å²) < 4.78 is 0. The third-order valence-electron chi connectivity index (χ3n) is 10.4. The van der Waals surface area contributed by atoms with Crippen LogP contribution in [-0.2, 0) is 0 Å². The number of anilines is 6. The van der Waals surface area contributed by atoms with E-state index in [-0.39, 0.29) is 0 Å². The zero-order valence-corrected chi connectivity index (χ0v) is 32.8.